The lowest BCUT2D eigenvalue weighted by molar-refractivity contribution is 0.740. The van der Waals surface area contributed by atoms with Crippen molar-refractivity contribution in [3.05, 3.63) is 33.5 Å². The molecule has 0 atom stereocenters. The number of hydrogen-bond acceptors (Lipinski definition) is 2. The number of nitrogens with one attached hydrogen (secondary N) is 1. The van der Waals surface area contributed by atoms with Crippen LogP contribution in [0, 0.1) is 13.8 Å². The summed E-state index contributed by atoms with van der Waals surface area (Å²) in [4.78, 5) is 2.82. The van der Waals surface area contributed by atoms with Crippen molar-refractivity contribution in [2.75, 3.05) is 6.54 Å². The molecule has 2 heteroatoms. The van der Waals surface area contributed by atoms with E-state index in [9.17, 15) is 0 Å². The average Bonchev–Trinajstić information content (AvgIpc) is 2.29. The second kappa shape index (κ2) is 4.58. The first-order chi connectivity index (χ1) is 6.09. The number of aryl methyl sites for hydroxylation is 2. The maximum absolute atomic E-state index is 3.85. The number of rotatable bonds is 4. The first-order valence-corrected chi connectivity index (χ1v) is 5.32. The van der Waals surface area contributed by atoms with Crippen LogP contribution < -0.4 is 5.32 Å². The monoisotopic (exact) mass is 195 g/mol. The first kappa shape index (κ1) is 10.5. The molecule has 0 unspecified atom stereocenters. The van der Waals surface area contributed by atoms with Crippen LogP contribution in [0.5, 0.6) is 0 Å². The molecule has 0 aliphatic heterocycles. The van der Waals surface area contributed by atoms with Gasteiger partial charge in [-0.3, -0.25) is 0 Å². The van der Waals surface area contributed by atoms with Gasteiger partial charge in [0.15, 0.2) is 0 Å². The van der Waals surface area contributed by atoms with Crippen LogP contribution in [0.3, 0.4) is 0 Å². The first-order valence-electron chi connectivity index (χ1n) is 4.50. The fourth-order valence-corrected chi connectivity index (χ4v) is 2.22. The summed E-state index contributed by atoms with van der Waals surface area (Å²) in [5.74, 6) is 0. The van der Waals surface area contributed by atoms with Crippen molar-refractivity contribution in [3.8, 4) is 0 Å². The third-order valence-corrected chi connectivity index (χ3v) is 2.89. The Bertz CT molecular complexity index is 299. The molecule has 0 amide bonds. The molecule has 1 nitrogen and oxygen atoms in total. The summed E-state index contributed by atoms with van der Waals surface area (Å²) >= 11 is 1.87. The minimum absolute atomic E-state index is 0.911. The molecule has 13 heavy (non-hydrogen) atoms. The molecular formula is C11H17NS. The van der Waals surface area contributed by atoms with E-state index in [0.29, 0.717) is 0 Å². The second-order valence-electron chi connectivity index (χ2n) is 3.50. The third kappa shape index (κ3) is 3.33. The van der Waals surface area contributed by atoms with Gasteiger partial charge in [0.25, 0.3) is 0 Å². The molecule has 0 aromatic carbocycles. The highest BCUT2D eigenvalue weighted by Gasteiger charge is 2.01. The summed E-state index contributed by atoms with van der Waals surface area (Å²) in [7, 11) is 0. The van der Waals surface area contributed by atoms with Crippen molar-refractivity contribution >= 4 is 11.3 Å². The van der Waals surface area contributed by atoms with E-state index in [1.54, 1.807) is 0 Å². The predicted octanol–water partition coefficient (Wildman–Crippen LogP) is 3.03. The van der Waals surface area contributed by atoms with Crippen LogP contribution in [0.15, 0.2) is 18.2 Å². The normalized spacial score (nSPS) is 10.4. The highest BCUT2D eigenvalue weighted by molar-refractivity contribution is 7.12. The van der Waals surface area contributed by atoms with Crippen LogP contribution in [0.2, 0.25) is 0 Å². The van der Waals surface area contributed by atoms with E-state index in [0.717, 1.165) is 13.1 Å². The van der Waals surface area contributed by atoms with E-state index in [1.165, 1.54) is 20.9 Å². The van der Waals surface area contributed by atoms with Gasteiger partial charge in [-0.25, -0.2) is 0 Å². The van der Waals surface area contributed by atoms with Crippen LogP contribution in [-0.4, -0.2) is 6.54 Å². The molecule has 1 heterocycles. The Hall–Kier alpha value is -0.600. The maximum atomic E-state index is 3.85. The zero-order valence-corrected chi connectivity index (χ0v) is 9.42. The number of hydrogen-bond donors (Lipinski definition) is 1. The van der Waals surface area contributed by atoms with Crippen LogP contribution in [0.25, 0.3) is 0 Å². The largest absolute Gasteiger partial charge is 0.309 e. The highest BCUT2D eigenvalue weighted by Crippen LogP contribution is 2.20. The zero-order valence-electron chi connectivity index (χ0n) is 8.61. The molecule has 0 fully saturated rings. The smallest absolute Gasteiger partial charge is 0.0219 e. The quantitative estimate of drug-likeness (QED) is 0.728. The molecule has 0 aliphatic rings. The Morgan fingerprint density at radius 1 is 1.54 bits per heavy atom. The minimum Gasteiger partial charge on any atom is -0.309 e. The molecular weight excluding hydrogens is 178 g/mol. The van der Waals surface area contributed by atoms with Crippen molar-refractivity contribution in [2.45, 2.75) is 27.3 Å². The SMILES string of the molecule is C=C(C)CNCc1cc(C)sc1C. The molecule has 0 bridgehead atoms. The summed E-state index contributed by atoms with van der Waals surface area (Å²) in [6.45, 7) is 12.1. The van der Waals surface area contributed by atoms with Crippen molar-refractivity contribution in [1.29, 1.82) is 0 Å². The summed E-state index contributed by atoms with van der Waals surface area (Å²) < 4.78 is 0. The second-order valence-corrected chi connectivity index (χ2v) is 4.96. The molecule has 1 aromatic rings. The van der Waals surface area contributed by atoms with Gasteiger partial charge in [0.05, 0.1) is 0 Å². The fourth-order valence-electron chi connectivity index (χ4n) is 1.27. The van der Waals surface area contributed by atoms with E-state index in [1.807, 2.05) is 18.3 Å². The molecule has 0 saturated carbocycles. The lowest BCUT2D eigenvalue weighted by Crippen LogP contribution is -2.15. The fraction of sp³-hybridized carbons (Fsp3) is 0.455. The van der Waals surface area contributed by atoms with Gasteiger partial charge in [-0.1, -0.05) is 12.2 Å². The maximum Gasteiger partial charge on any atom is 0.0219 e. The van der Waals surface area contributed by atoms with Gasteiger partial charge < -0.3 is 5.32 Å². The molecule has 0 saturated heterocycles. The van der Waals surface area contributed by atoms with Crippen molar-refractivity contribution in [1.82, 2.24) is 5.32 Å². The Morgan fingerprint density at radius 3 is 2.69 bits per heavy atom. The average molecular weight is 195 g/mol. The molecule has 1 N–H and O–H groups in total. The van der Waals surface area contributed by atoms with Crippen molar-refractivity contribution in [2.24, 2.45) is 0 Å². The number of thiophene rings is 1. The van der Waals surface area contributed by atoms with Crippen LogP contribution in [0.1, 0.15) is 22.2 Å². The zero-order chi connectivity index (χ0) is 9.84. The summed E-state index contributed by atoms with van der Waals surface area (Å²) in [6.07, 6.45) is 0. The van der Waals surface area contributed by atoms with E-state index in [2.05, 4.69) is 31.8 Å². The Balaban J connectivity index is 2.45. The van der Waals surface area contributed by atoms with Crippen LogP contribution >= 0.6 is 11.3 Å². The van der Waals surface area contributed by atoms with Crippen LogP contribution in [0.4, 0.5) is 0 Å². The summed E-state index contributed by atoms with van der Waals surface area (Å²) in [6, 6.07) is 2.26. The van der Waals surface area contributed by atoms with E-state index in [-0.39, 0.29) is 0 Å². The predicted molar refractivity (Wildman–Crippen MR) is 60.3 cm³/mol. The van der Waals surface area contributed by atoms with E-state index >= 15 is 0 Å². The molecule has 72 valence electrons. The Kier molecular flexibility index (Phi) is 3.70. The van der Waals surface area contributed by atoms with Gasteiger partial charge in [-0.15, -0.1) is 11.3 Å². The van der Waals surface area contributed by atoms with E-state index in [4.69, 9.17) is 0 Å². The topological polar surface area (TPSA) is 12.0 Å². The van der Waals surface area contributed by atoms with Gasteiger partial charge in [-0.05, 0) is 32.4 Å². The van der Waals surface area contributed by atoms with Crippen molar-refractivity contribution in [3.63, 3.8) is 0 Å². The van der Waals surface area contributed by atoms with Gasteiger partial charge in [0.1, 0.15) is 0 Å². The van der Waals surface area contributed by atoms with Crippen molar-refractivity contribution < 1.29 is 0 Å². The van der Waals surface area contributed by atoms with Gasteiger partial charge in [-0.2, -0.15) is 0 Å². The van der Waals surface area contributed by atoms with Gasteiger partial charge >= 0.3 is 0 Å². The van der Waals surface area contributed by atoms with Crippen LogP contribution in [-0.2, 0) is 6.54 Å². The summed E-state index contributed by atoms with van der Waals surface area (Å²) in [5.41, 5.74) is 2.60. The molecule has 0 spiro atoms. The highest BCUT2D eigenvalue weighted by atomic mass is 32.1. The minimum atomic E-state index is 0.911. The standard InChI is InChI=1S/C11H17NS/c1-8(2)6-12-7-11-5-9(3)13-10(11)4/h5,12H,1,6-7H2,2-4H3. The Labute approximate surface area is 84.5 Å². The van der Waals surface area contributed by atoms with Gasteiger partial charge in [0, 0.05) is 22.8 Å². The third-order valence-electron chi connectivity index (χ3n) is 1.89. The van der Waals surface area contributed by atoms with Gasteiger partial charge in [0.2, 0.25) is 0 Å². The molecule has 0 radical (unpaired) electrons. The molecule has 1 rings (SSSR count). The summed E-state index contributed by atoms with van der Waals surface area (Å²) in [5, 5.41) is 3.36. The molecule has 1 aromatic heterocycles. The Morgan fingerprint density at radius 2 is 2.23 bits per heavy atom. The lowest BCUT2D eigenvalue weighted by atomic mass is 10.2. The lowest BCUT2D eigenvalue weighted by Gasteiger charge is -2.02. The van der Waals surface area contributed by atoms with E-state index < -0.39 is 0 Å². The molecule has 0 aliphatic carbocycles.